The Kier molecular flexibility index (Phi) is 2.29. The first-order valence-corrected chi connectivity index (χ1v) is 4.63. The van der Waals surface area contributed by atoms with Crippen LogP contribution in [0.3, 0.4) is 0 Å². The molecule has 0 aliphatic heterocycles. The van der Waals surface area contributed by atoms with Gasteiger partial charge in [-0.05, 0) is 18.2 Å². The minimum atomic E-state index is -0.102. The number of rotatable bonds is 1. The SMILES string of the molecule is CC(=O)[n+]1cccc2cccc(C=O)c21. The van der Waals surface area contributed by atoms with Gasteiger partial charge in [0.2, 0.25) is 5.52 Å². The van der Waals surface area contributed by atoms with E-state index in [1.165, 1.54) is 11.5 Å². The summed E-state index contributed by atoms with van der Waals surface area (Å²) in [6.07, 6.45) is 2.43. The average Bonchev–Trinajstić information content (AvgIpc) is 2.27. The molecule has 0 saturated carbocycles. The van der Waals surface area contributed by atoms with E-state index in [-0.39, 0.29) is 5.91 Å². The largest absolute Gasteiger partial charge is 0.389 e. The van der Waals surface area contributed by atoms with Gasteiger partial charge in [-0.25, -0.2) is 4.79 Å². The van der Waals surface area contributed by atoms with Crippen LogP contribution >= 0.6 is 0 Å². The molecule has 0 bridgehead atoms. The Morgan fingerprint density at radius 2 is 2.00 bits per heavy atom. The number of pyridine rings is 1. The predicted molar refractivity (Wildman–Crippen MR) is 55.8 cm³/mol. The maximum Gasteiger partial charge on any atom is 0.389 e. The number of fused-ring (bicyclic) bond motifs is 1. The molecule has 1 heterocycles. The lowest BCUT2D eigenvalue weighted by Crippen LogP contribution is -2.41. The van der Waals surface area contributed by atoms with Crippen molar-refractivity contribution in [2.24, 2.45) is 0 Å². The second-order valence-corrected chi connectivity index (χ2v) is 3.30. The molecule has 0 saturated heterocycles. The van der Waals surface area contributed by atoms with E-state index in [0.717, 1.165) is 11.7 Å². The molecule has 0 aliphatic rings. The third-order valence-electron chi connectivity index (χ3n) is 2.32. The smallest absolute Gasteiger partial charge is 0.298 e. The van der Waals surface area contributed by atoms with E-state index in [2.05, 4.69) is 0 Å². The maximum atomic E-state index is 11.4. The Morgan fingerprint density at radius 3 is 2.67 bits per heavy atom. The van der Waals surface area contributed by atoms with Crippen LogP contribution in [0.4, 0.5) is 0 Å². The van der Waals surface area contributed by atoms with Gasteiger partial charge in [-0.2, -0.15) is 0 Å². The standard InChI is InChI=1S/C12H10NO2/c1-9(15)13-7-3-6-10-4-2-5-11(8-14)12(10)13/h2-8H,1H3/q+1. The third kappa shape index (κ3) is 1.52. The molecule has 0 N–H and O–H groups in total. The molecule has 2 rings (SSSR count). The molecular weight excluding hydrogens is 190 g/mol. The summed E-state index contributed by atoms with van der Waals surface area (Å²) in [6.45, 7) is 1.47. The van der Waals surface area contributed by atoms with Crippen LogP contribution in [0, 0.1) is 0 Å². The fourth-order valence-electron chi connectivity index (χ4n) is 1.66. The van der Waals surface area contributed by atoms with Gasteiger partial charge in [0, 0.05) is 11.5 Å². The second-order valence-electron chi connectivity index (χ2n) is 3.30. The fraction of sp³-hybridized carbons (Fsp3) is 0.0833. The Labute approximate surface area is 87.0 Å². The van der Waals surface area contributed by atoms with Crippen molar-refractivity contribution in [3.8, 4) is 0 Å². The molecule has 0 atom stereocenters. The van der Waals surface area contributed by atoms with Crippen molar-refractivity contribution in [3.63, 3.8) is 0 Å². The molecule has 0 unspecified atom stereocenters. The zero-order chi connectivity index (χ0) is 10.8. The van der Waals surface area contributed by atoms with E-state index in [4.69, 9.17) is 0 Å². The highest BCUT2D eigenvalue weighted by Crippen LogP contribution is 2.12. The number of aromatic nitrogens is 1. The molecule has 3 heteroatoms. The number of hydrogen-bond acceptors (Lipinski definition) is 2. The van der Waals surface area contributed by atoms with E-state index >= 15 is 0 Å². The van der Waals surface area contributed by atoms with Gasteiger partial charge in [-0.15, -0.1) is 4.57 Å². The van der Waals surface area contributed by atoms with Crippen molar-refractivity contribution >= 4 is 23.1 Å². The van der Waals surface area contributed by atoms with Gasteiger partial charge in [0.15, 0.2) is 12.5 Å². The molecule has 15 heavy (non-hydrogen) atoms. The van der Waals surface area contributed by atoms with Crippen LogP contribution in [0.15, 0.2) is 36.5 Å². The summed E-state index contributed by atoms with van der Waals surface area (Å²) in [4.78, 5) is 22.2. The van der Waals surface area contributed by atoms with Gasteiger partial charge >= 0.3 is 5.91 Å². The molecule has 0 spiro atoms. The molecule has 1 aromatic heterocycles. The number of benzene rings is 1. The molecule has 3 nitrogen and oxygen atoms in total. The Hall–Kier alpha value is -2.03. The fourth-order valence-corrected chi connectivity index (χ4v) is 1.66. The third-order valence-corrected chi connectivity index (χ3v) is 2.32. The van der Waals surface area contributed by atoms with Gasteiger partial charge in [0.25, 0.3) is 0 Å². The summed E-state index contributed by atoms with van der Waals surface area (Å²) in [5.74, 6) is -0.102. The molecule has 0 fully saturated rings. The zero-order valence-corrected chi connectivity index (χ0v) is 8.31. The highest BCUT2D eigenvalue weighted by atomic mass is 16.1. The second kappa shape index (κ2) is 3.61. The van der Waals surface area contributed by atoms with Crippen LogP contribution in [0.25, 0.3) is 10.9 Å². The quantitative estimate of drug-likeness (QED) is 0.518. The van der Waals surface area contributed by atoms with Gasteiger partial charge in [-0.3, -0.25) is 4.79 Å². The van der Waals surface area contributed by atoms with Crippen molar-refractivity contribution in [1.82, 2.24) is 0 Å². The topological polar surface area (TPSA) is 38.0 Å². The summed E-state index contributed by atoms with van der Waals surface area (Å²) < 4.78 is 1.49. The lowest BCUT2D eigenvalue weighted by Gasteiger charge is -1.98. The van der Waals surface area contributed by atoms with Crippen LogP contribution in [0.1, 0.15) is 22.1 Å². The normalized spacial score (nSPS) is 10.2. The van der Waals surface area contributed by atoms with E-state index in [1.54, 1.807) is 24.4 Å². The van der Waals surface area contributed by atoms with Crippen LogP contribution in [-0.2, 0) is 0 Å². The van der Waals surface area contributed by atoms with E-state index in [0.29, 0.717) is 11.1 Å². The lowest BCUT2D eigenvalue weighted by atomic mass is 10.1. The van der Waals surface area contributed by atoms with Crippen LogP contribution in [0.2, 0.25) is 0 Å². The van der Waals surface area contributed by atoms with Crippen LogP contribution < -0.4 is 4.57 Å². The molecule has 74 valence electrons. The zero-order valence-electron chi connectivity index (χ0n) is 8.31. The minimum absolute atomic E-state index is 0.102. The molecular formula is C12H10NO2+. The van der Waals surface area contributed by atoms with Gasteiger partial charge in [0.1, 0.15) is 0 Å². The van der Waals surface area contributed by atoms with Gasteiger partial charge in [-0.1, -0.05) is 6.07 Å². The first-order chi connectivity index (χ1) is 7.24. The summed E-state index contributed by atoms with van der Waals surface area (Å²) in [5.41, 5.74) is 1.20. The van der Waals surface area contributed by atoms with Gasteiger partial charge in [0.05, 0.1) is 12.5 Å². The number of aldehydes is 1. The Balaban J connectivity index is 2.93. The van der Waals surface area contributed by atoms with Crippen molar-refractivity contribution in [3.05, 3.63) is 42.1 Å². The van der Waals surface area contributed by atoms with Crippen LogP contribution in [-0.4, -0.2) is 12.2 Å². The van der Waals surface area contributed by atoms with E-state index in [9.17, 15) is 9.59 Å². The molecule has 0 radical (unpaired) electrons. The van der Waals surface area contributed by atoms with Crippen LogP contribution in [0.5, 0.6) is 0 Å². The monoisotopic (exact) mass is 200 g/mol. The first kappa shape index (κ1) is 9.52. The molecule has 1 aromatic carbocycles. The Bertz CT molecular complexity index is 541. The summed E-state index contributed by atoms with van der Waals surface area (Å²) in [6, 6.07) is 9.05. The number of para-hydroxylation sites is 1. The average molecular weight is 200 g/mol. The summed E-state index contributed by atoms with van der Waals surface area (Å²) >= 11 is 0. The van der Waals surface area contributed by atoms with Gasteiger partial charge < -0.3 is 0 Å². The number of carbonyl (C=O) groups excluding carboxylic acids is 2. The van der Waals surface area contributed by atoms with Crippen molar-refractivity contribution in [2.45, 2.75) is 6.92 Å². The van der Waals surface area contributed by atoms with E-state index in [1.807, 2.05) is 12.1 Å². The highest BCUT2D eigenvalue weighted by molar-refractivity contribution is 5.94. The first-order valence-electron chi connectivity index (χ1n) is 4.63. The minimum Gasteiger partial charge on any atom is -0.298 e. The molecule has 2 aromatic rings. The number of hydrogen-bond donors (Lipinski definition) is 0. The molecule has 0 aliphatic carbocycles. The van der Waals surface area contributed by atoms with Crippen molar-refractivity contribution in [1.29, 1.82) is 0 Å². The van der Waals surface area contributed by atoms with E-state index < -0.39 is 0 Å². The maximum absolute atomic E-state index is 11.4. The van der Waals surface area contributed by atoms with Crippen molar-refractivity contribution < 1.29 is 14.2 Å². The lowest BCUT2D eigenvalue weighted by molar-refractivity contribution is -0.544. The predicted octanol–water partition coefficient (Wildman–Crippen LogP) is 1.60. The summed E-state index contributed by atoms with van der Waals surface area (Å²) in [7, 11) is 0. The molecule has 0 amide bonds. The number of nitrogens with zero attached hydrogens (tertiary/aromatic N) is 1. The number of carbonyl (C=O) groups is 2. The Morgan fingerprint density at radius 1 is 1.27 bits per heavy atom. The highest BCUT2D eigenvalue weighted by Gasteiger charge is 2.16. The summed E-state index contributed by atoms with van der Waals surface area (Å²) in [5, 5.41) is 0.886. The van der Waals surface area contributed by atoms with Crippen molar-refractivity contribution in [2.75, 3.05) is 0 Å².